The van der Waals surface area contributed by atoms with Gasteiger partial charge in [0.2, 0.25) is 0 Å². The van der Waals surface area contributed by atoms with Crippen LogP contribution in [0.1, 0.15) is 26.2 Å². The average molecular weight is 299 g/mol. The molecule has 0 radical (unpaired) electrons. The summed E-state index contributed by atoms with van der Waals surface area (Å²) in [6.45, 7) is 3.34. The van der Waals surface area contributed by atoms with Crippen LogP contribution in [0, 0.1) is 11.8 Å². The summed E-state index contributed by atoms with van der Waals surface area (Å²) < 4.78 is 0.911. The molecule has 0 amide bonds. The summed E-state index contributed by atoms with van der Waals surface area (Å²) in [7, 11) is 1.86. The van der Waals surface area contributed by atoms with E-state index in [1.165, 1.54) is 19.3 Å². The fourth-order valence-corrected chi connectivity index (χ4v) is 2.96. The summed E-state index contributed by atoms with van der Waals surface area (Å²) in [6.07, 6.45) is 5.60. The monoisotopic (exact) mass is 298 g/mol. The summed E-state index contributed by atoms with van der Waals surface area (Å²) in [4.78, 5) is 8.40. The van der Waals surface area contributed by atoms with Crippen molar-refractivity contribution in [3.05, 3.63) is 10.8 Å². The van der Waals surface area contributed by atoms with E-state index in [4.69, 9.17) is 0 Å². The van der Waals surface area contributed by atoms with E-state index in [0.717, 1.165) is 34.5 Å². The van der Waals surface area contributed by atoms with Gasteiger partial charge in [-0.15, -0.1) is 0 Å². The standard InChI is InChI=1S/C12H19BrN4/c1-8-3-4-9(5-8)6-15-12-10(13)11(14-2)16-7-17-12/h7-9H,3-6H2,1-2H3,(H2,14,15,16,17). The molecule has 4 nitrogen and oxygen atoms in total. The third kappa shape index (κ3) is 3.09. The zero-order valence-corrected chi connectivity index (χ0v) is 11.9. The van der Waals surface area contributed by atoms with E-state index in [9.17, 15) is 0 Å². The number of anilines is 2. The molecule has 1 aliphatic carbocycles. The Morgan fingerprint density at radius 1 is 1.35 bits per heavy atom. The number of nitrogens with zero attached hydrogens (tertiary/aromatic N) is 2. The van der Waals surface area contributed by atoms with Gasteiger partial charge in [0.05, 0.1) is 0 Å². The number of hydrogen-bond donors (Lipinski definition) is 2. The number of halogens is 1. The smallest absolute Gasteiger partial charge is 0.145 e. The Hall–Kier alpha value is -0.840. The molecular weight excluding hydrogens is 280 g/mol. The van der Waals surface area contributed by atoms with Gasteiger partial charge in [0.15, 0.2) is 0 Å². The molecule has 94 valence electrons. The van der Waals surface area contributed by atoms with Crippen molar-refractivity contribution in [2.75, 3.05) is 24.2 Å². The molecule has 1 fully saturated rings. The van der Waals surface area contributed by atoms with Gasteiger partial charge < -0.3 is 10.6 Å². The van der Waals surface area contributed by atoms with Gasteiger partial charge in [0.1, 0.15) is 22.4 Å². The van der Waals surface area contributed by atoms with Crippen LogP contribution < -0.4 is 10.6 Å². The molecule has 1 aromatic heterocycles. The second-order valence-corrected chi connectivity index (χ2v) is 5.59. The van der Waals surface area contributed by atoms with E-state index >= 15 is 0 Å². The van der Waals surface area contributed by atoms with Crippen molar-refractivity contribution in [2.24, 2.45) is 11.8 Å². The van der Waals surface area contributed by atoms with Crippen molar-refractivity contribution < 1.29 is 0 Å². The van der Waals surface area contributed by atoms with Crippen molar-refractivity contribution in [1.29, 1.82) is 0 Å². The minimum Gasteiger partial charge on any atom is -0.372 e. The van der Waals surface area contributed by atoms with Gasteiger partial charge >= 0.3 is 0 Å². The van der Waals surface area contributed by atoms with E-state index in [-0.39, 0.29) is 0 Å². The van der Waals surface area contributed by atoms with Crippen LogP contribution in [0.15, 0.2) is 10.8 Å². The van der Waals surface area contributed by atoms with Crippen LogP contribution in [0.2, 0.25) is 0 Å². The summed E-state index contributed by atoms with van der Waals surface area (Å²) >= 11 is 3.51. The molecule has 1 aromatic rings. The first-order valence-electron chi connectivity index (χ1n) is 6.12. The predicted molar refractivity (Wildman–Crippen MR) is 74.3 cm³/mol. The fourth-order valence-electron chi connectivity index (χ4n) is 2.42. The van der Waals surface area contributed by atoms with Crippen LogP contribution in [0.4, 0.5) is 11.6 Å². The molecule has 2 atom stereocenters. The first-order valence-corrected chi connectivity index (χ1v) is 6.92. The molecule has 0 aliphatic heterocycles. The Labute approximate surface area is 111 Å². The number of nitrogens with one attached hydrogen (secondary N) is 2. The highest BCUT2D eigenvalue weighted by Crippen LogP contribution is 2.31. The van der Waals surface area contributed by atoms with E-state index in [0.29, 0.717) is 0 Å². The maximum atomic E-state index is 4.26. The molecule has 0 spiro atoms. The fraction of sp³-hybridized carbons (Fsp3) is 0.667. The highest BCUT2D eigenvalue weighted by atomic mass is 79.9. The van der Waals surface area contributed by atoms with Crippen LogP contribution in [-0.2, 0) is 0 Å². The Morgan fingerprint density at radius 2 is 2.12 bits per heavy atom. The molecule has 1 heterocycles. The normalized spacial score (nSPS) is 23.7. The van der Waals surface area contributed by atoms with Crippen LogP contribution in [-0.4, -0.2) is 23.6 Å². The van der Waals surface area contributed by atoms with Gasteiger partial charge in [-0.2, -0.15) is 0 Å². The lowest BCUT2D eigenvalue weighted by molar-refractivity contribution is 0.536. The van der Waals surface area contributed by atoms with E-state index in [1.54, 1.807) is 6.33 Å². The van der Waals surface area contributed by atoms with Gasteiger partial charge in [-0.1, -0.05) is 13.3 Å². The van der Waals surface area contributed by atoms with Crippen LogP contribution in [0.5, 0.6) is 0 Å². The van der Waals surface area contributed by atoms with Gasteiger partial charge in [-0.3, -0.25) is 0 Å². The van der Waals surface area contributed by atoms with Gasteiger partial charge in [-0.05, 0) is 40.6 Å². The molecule has 2 rings (SSSR count). The third-order valence-corrected chi connectivity index (χ3v) is 4.14. The Kier molecular flexibility index (Phi) is 4.20. The van der Waals surface area contributed by atoms with Crippen molar-refractivity contribution >= 4 is 27.6 Å². The first-order chi connectivity index (χ1) is 8.20. The van der Waals surface area contributed by atoms with Crippen LogP contribution >= 0.6 is 15.9 Å². The maximum Gasteiger partial charge on any atom is 0.145 e. The number of rotatable bonds is 4. The number of hydrogen-bond acceptors (Lipinski definition) is 4. The van der Waals surface area contributed by atoms with Gasteiger partial charge in [0.25, 0.3) is 0 Å². The SMILES string of the molecule is CNc1ncnc(NCC2CCC(C)C2)c1Br. The average Bonchev–Trinajstić information content (AvgIpc) is 2.74. The molecule has 1 aliphatic rings. The van der Waals surface area contributed by atoms with E-state index < -0.39 is 0 Å². The number of aromatic nitrogens is 2. The zero-order valence-electron chi connectivity index (χ0n) is 10.3. The maximum absolute atomic E-state index is 4.26. The topological polar surface area (TPSA) is 49.8 Å². The molecule has 1 saturated carbocycles. The quantitative estimate of drug-likeness (QED) is 0.897. The third-order valence-electron chi connectivity index (χ3n) is 3.39. The molecule has 0 aromatic carbocycles. The molecule has 17 heavy (non-hydrogen) atoms. The van der Waals surface area contributed by atoms with Gasteiger partial charge in [0, 0.05) is 13.6 Å². The minimum atomic E-state index is 0.782. The summed E-state index contributed by atoms with van der Waals surface area (Å²) in [5.74, 6) is 3.36. The molecule has 2 N–H and O–H groups in total. The van der Waals surface area contributed by atoms with Crippen molar-refractivity contribution in [3.8, 4) is 0 Å². The van der Waals surface area contributed by atoms with Crippen LogP contribution in [0.3, 0.4) is 0 Å². The second-order valence-electron chi connectivity index (χ2n) is 4.80. The molecule has 2 unspecified atom stereocenters. The summed E-state index contributed by atoms with van der Waals surface area (Å²) in [5, 5.41) is 6.44. The second kappa shape index (κ2) is 5.67. The van der Waals surface area contributed by atoms with Crippen molar-refractivity contribution in [2.45, 2.75) is 26.2 Å². The summed E-state index contributed by atoms with van der Waals surface area (Å²) in [5.41, 5.74) is 0. The van der Waals surface area contributed by atoms with E-state index in [1.807, 2.05) is 7.05 Å². The molecule has 0 saturated heterocycles. The largest absolute Gasteiger partial charge is 0.372 e. The lowest BCUT2D eigenvalue weighted by atomic mass is 10.1. The lowest BCUT2D eigenvalue weighted by Crippen LogP contribution is -2.13. The highest BCUT2D eigenvalue weighted by molar-refractivity contribution is 9.10. The summed E-state index contributed by atoms with van der Waals surface area (Å²) in [6, 6.07) is 0. The predicted octanol–water partition coefficient (Wildman–Crippen LogP) is 3.13. The lowest BCUT2D eigenvalue weighted by Gasteiger charge is -2.13. The Balaban J connectivity index is 1.95. The van der Waals surface area contributed by atoms with E-state index in [2.05, 4.69) is 43.5 Å². The van der Waals surface area contributed by atoms with Crippen molar-refractivity contribution in [1.82, 2.24) is 9.97 Å². The zero-order chi connectivity index (χ0) is 12.3. The molecule has 0 bridgehead atoms. The van der Waals surface area contributed by atoms with Crippen molar-refractivity contribution in [3.63, 3.8) is 0 Å². The molecule has 5 heteroatoms. The van der Waals surface area contributed by atoms with Crippen LogP contribution in [0.25, 0.3) is 0 Å². The first kappa shape index (κ1) is 12.6. The van der Waals surface area contributed by atoms with Gasteiger partial charge in [-0.25, -0.2) is 9.97 Å². The molecular formula is C12H19BrN4. The Bertz CT molecular complexity index is 383. The Morgan fingerprint density at radius 3 is 2.76 bits per heavy atom. The highest BCUT2D eigenvalue weighted by Gasteiger charge is 2.21. The minimum absolute atomic E-state index is 0.782.